The Morgan fingerprint density at radius 1 is 1.25 bits per heavy atom. The third-order valence-corrected chi connectivity index (χ3v) is 4.07. The number of rotatable bonds is 8. The van der Waals surface area contributed by atoms with Gasteiger partial charge in [0.05, 0.1) is 17.8 Å². The van der Waals surface area contributed by atoms with Gasteiger partial charge in [-0.05, 0) is 25.1 Å². The Bertz CT molecular complexity index is 525. The van der Waals surface area contributed by atoms with Crippen molar-refractivity contribution in [2.75, 3.05) is 20.2 Å². The zero-order valence-electron chi connectivity index (χ0n) is 12.2. The topological polar surface area (TPSA) is 34.2 Å². The molecule has 0 aliphatic carbocycles. The second-order valence-corrected chi connectivity index (χ2v) is 5.62. The van der Waals surface area contributed by atoms with Crippen molar-refractivity contribution in [1.82, 2.24) is 10.3 Å². The highest BCUT2D eigenvalue weighted by atomic mass is 32.1. The summed E-state index contributed by atoms with van der Waals surface area (Å²) in [4.78, 5) is 4.71. The van der Waals surface area contributed by atoms with Gasteiger partial charge in [-0.3, -0.25) is 0 Å². The molecule has 20 heavy (non-hydrogen) atoms. The summed E-state index contributed by atoms with van der Waals surface area (Å²) < 4.78 is 5.39. The van der Waals surface area contributed by atoms with Gasteiger partial charge < -0.3 is 10.1 Å². The average Bonchev–Trinajstić information content (AvgIpc) is 2.95. The molecule has 0 saturated carbocycles. The lowest BCUT2D eigenvalue weighted by atomic mass is 10.1. The van der Waals surface area contributed by atoms with Gasteiger partial charge in [0.25, 0.3) is 0 Å². The molecule has 0 fully saturated rings. The summed E-state index contributed by atoms with van der Waals surface area (Å²) in [5.74, 6) is 0.880. The van der Waals surface area contributed by atoms with Crippen LogP contribution in [0.2, 0.25) is 0 Å². The number of benzene rings is 1. The van der Waals surface area contributed by atoms with Crippen molar-refractivity contribution < 1.29 is 4.74 Å². The Labute approximate surface area is 125 Å². The number of nitrogens with zero attached hydrogens (tertiary/aromatic N) is 1. The zero-order valence-corrected chi connectivity index (χ0v) is 13.0. The molecule has 0 amide bonds. The highest BCUT2D eigenvalue weighted by Crippen LogP contribution is 2.30. The van der Waals surface area contributed by atoms with Gasteiger partial charge in [-0.15, -0.1) is 11.3 Å². The largest absolute Gasteiger partial charge is 0.496 e. The molecule has 0 radical (unpaired) electrons. The van der Waals surface area contributed by atoms with Crippen LogP contribution in [0, 0.1) is 0 Å². The molecule has 3 nitrogen and oxygen atoms in total. The molecule has 0 bridgehead atoms. The standard InChI is InChI=1S/C16H22N2OS/c1-3-4-10-17-11-9-16-18-14(12-20-16)13-7-5-6-8-15(13)19-2/h5-8,12,17H,3-4,9-11H2,1-2H3. The van der Waals surface area contributed by atoms with Crippen molar-refractivity contribution in [2.45, 2.75) is 26.2 Å². The van der Waals surface area contributed by atoms with E-state index >= 15 is 0 Å². The average molecular weight is 290 g/mol. The minimum atomic E-state index is 0.880. The number of hydrogen-bond donors (Lipinski definition) is 1. The lowest BCUT2D eigenvalue weighted by Crippen LogP contribution is -2.18. The van der Waals surface area contributed by atoms with Gasteiger partial charge in [0, 0.05) is 23.9 Å². The van der Waals surface area contributed by atoms with E-state index in [2.05, 4.69) is 23.7 Å². The van der Waals surface area contributed by atoms with E-state index in [0.29, 0.717) is 0 Å². The fourth-order valence-electron chi connectivity index (χ4n) is 2.03. The number of unbranched alkanes of at least 4 members (excludes halogenated alkanes) is 1. The molecule has 0 aliphatic heterocycles. The van der Waals surface area contributed by atoms with Crippen LogP contribution in [0.15, 0.2) is 29.6 Å². The van der Waals surface area contributed by atoms with Gasteiger partial charge in [-0.1, -0.05) is 25.5 Å². The van der Waals surface area contributed by atoms with Crippen molar-refractivity contribution in [2.24, 2.45) is 0 Å². The molecular formula is C16H22N2OS. The molecule has 2 aromatic rings. The molecule has 0 unspecified atom stereocenters. The van der Waals surface area contributed by atoms with Gasteiger partial charge in [0.15, 0.2) is 0 Å². The minimum Gasteiger partial charge on any atom is -0.496 e. The maximum Gasteiger partial charge on any atom is 0.128 e. The first-order valence-corrected chi connectivity index (χ1v) is 8.01. The van der Waals surface area contributed by atoms with Crippen LogP contribution in [0.5, 0.6) is 5.75 Å². The van der Waals surface area contributed by atoms with E-state index in [1.165, 1.54) is 17.8 Å². The van der Waals surface area contributed by atoms with E-state index in [1.807, 2.05) is 18.2 Å². The first kappa shape index (κ1) is 15.0. The van der Waals surface area contributed by atoms with Crippen molar-refractivity contribution in [3.8, 4) is 17.0 Å². The number of hydrogen-bond acceptors (Lipinski definition) is 4. The molecule has 1 aromatic carbocycles. The third-order valence-electron chi connectivity index (χ3n) is 3.16. The number of thiazole rings is 1. The summed E-state index contributed by atoms with van der Waals surface area (Å²) in [6.07, 6.45) is 3.47. The van der Waals surface area contributed by atoms with Gasteiger partial charge in [-0.25, -0.2) is 4.98 Å². The predicted octanol–water partition coefficient (Wildman–Crippen LogP) is 3.75. The molecule has 0 saturated heterocycles. The van der Waals surface area contributed by atoms with Gasteiger partial charge in [0.1, 0.15) is 5.75 Å². The summed E-state index contributed by atoms with van der Waals surface area (Å²) in [5.41, 5.74) is 2.08. The lowest BCUT2D eigenvalue weighted by Gasteiger charge is -2.05. The molecular weight excluding hydrogens is 268 g/mol. The molecule has 0 aliphatic rings. The fraction of sp³-hybridized carbons (Fsp3) is 0.438. The number of aromatic nitrogens is 1. The Morgan fingerprint density at radius 3 is 2.90 bits per heavy atom. The van der Waals surface area contributed by atoms with Crippen LogP contribution >= 0.6 is 11.3 Å². The quantitative estimate of drug-likeness (QED) is 0.752. The van der Waals surface area contributed by atoms with E-state index in [0.717, 1.165) is 36.5 Å². The number of ether oxygens (including phenoxy) is 1. The van der Waals surface area contributed by atoms with Crippen molar-refractivity contribution >= 4 is 11.3 Å². The van der Waals surface area contributed by atoms with E-state index in [-0.39, 0.29) is 0 Å². The highest BCUT2D eigenvalue weighted by Gasteiger charge is 2.08. The number of nitrogens with one attached hydrogen (secondary N) is 1. The fourth-order valence-corrected chi connectivity index (χ4v) is 2.83. The number of methoxy groups -OCH3 is 1. The van der Waals surface area contributed by atoms with Crippen molar-refractivity contribution in [1.29, 1.82) is 0 Å². The SMILES string of the molecule is CCCCNCCc1nc(-c2ccccc2OC)cs1. The van der Waals surface area contributed by atoms with Gasteiger partial charge in [-0.2, -0.15) is 0 Å². The molecule has 4 heteroatoms. The first-order chi connectivity index (χ1) is 9.85. The Morgan fingerprint density at radius 2 is 2.10 bits per heavy atom. The van der Waals surface area contributed by atoms with Crippen LogP contribution in [-0.2, 0) is 6.42 Å². The van der Waals surface area contributed by atoms with Crippen LogP contribution in [-0.4, -0.2) is 25.2 Å². The summed E-state index contributed by atoms with van der Waals surface area (Å²) in [6, 6.07) is 8.02. The van der Waals surface area contributed by atoms with Crippen LogP contribution < -0.4 is 10.1 Å². The van der Waals surface area contributed by atoms with Crippen molar-refractivity contribution in [3.05, 3.63) is 34.7 Å². The molecule has 1 heterocycles. The summed E-state index contributed by atoms with van der Waals surface area (Å²) in [6.45, 7) is 4.31. The number of para-hydroxylation sites is 1. The molecule has 2 rings (SSSR count). The summed E-state index contributed by atoms with van der Waals surface area (Å²) >= 11 is 1.72. The maximum atomic E-state index is 5.39. The Hall–Kier alpha value is -1.39. The third kappa shape index (κ3) is 4.05. The monoisotopic (exact) mass is 290 g/mol. The van der Waals surface area contributed by atoms with Crippen LogP contribution in [0.25, 0.3) is 11.3 Å². The second kappa shape index (κ2) is 8.02. The smallest absolute Gasteiger partial charge is 0.128 e. The molecule has 1 N–H and O–H groups in total. The molecule has 0 atom stereocenters. The minimum absolute atomic E-state index is 0.880. The molecule has 1 aromatic heterocycles. The predicted molar refractivity (Wildman–Crippen MR) is 85.6 cm³/mol. The highest BCUT2D eigenvalue weighted by molar-refractivity contribution is 7.09. The summed E-state index contributed by atoms with van der Waals surface area (Å²) in [7, 11) is 1.70. The van der Waals surface area contributed by atoms with E-state index in [1.54, 1.807) is 18.4 Å². The molecule has 0 spiro atoms. The molecule has 108 valence electrons. The zero-order chi connectivity index (χ0) is 14.2. The van der Waals surface area contributed by atoms with Gasteiger partial charge >= 0.3 is 0 Å². The first-order valence-electron chi connectivity index (χ1n) is 7.13. The van der Waals surface area contributed by atoms with E-state index in [4.69, 9.17) is 9.72 Å². The maximum absolute atomic E-state index is 5.39. The van der Waals surface area contributed by atoms with E-state index < -0.39 is 0 Å². The Kier molecular flexibility index (Phi) is 6.02. The normalized spacial score (nSPS) is 10.7. The van der Waals surface area contributed by atoms with Crippen LogP contribution in [0.4, 0.5) is 0 Å². The lowest BCUT2D eigenvalue weighted by molar-refractivity contribution is 0.416. The van der Waals surface area contributed by atoms with Crippen molar-refractivity contribution in [3.63, 3.8) is 0 Å². The Balaban J connectivity index is 1.95. The van der Waals surface area contributed by atoms with Crippen LogP contribution in [0.3, 0.4) is 0 Å². The summed E-state index contributed by atoms with van der Waals surface area (Å²) in [5, 5.41) is 6.73. The van der Waals surface area contributed by atoms with Gasteiger partial charge in [0.2, 0.25) is 0 Å². The second-order valence-electron chi connectivity index (χ2n) is 4.68. The van der Waals surface area contributed by atoms with Crippen LogP contribution in [0.1, 0.15) is 24.8 Å². The van der Waals surface area contributed by atoms with E-state index in [9.17, 15) is 0 Å².